The molecule has 1 saturated heterocycles. The average Bonchev–Trinajstić information content (AvgIpc) is 2.83. The molecule has 1 aromatic rings. The van der Waals surface area contributed by atoms with Crippen LogP contribution in [-0.2, 0) is 17.8 Å². The fourth-order valence-electron chi connectivity index (χ4n) is 2.52. The molecule has 1 fully saturated rings. The number of carbonyl (C=O) groups is 1. The van der Waals surface area contributed by atoms with Crippen LogP contribution in [0.15, 0.2) is 6.20 Å². The zero-order chi connectivity index (χ0) is 13.9. The maximum absolute atomic E-state index is 12.3. The Kier molecular flexibility index (Phi) is 6.43. The lowest BCUT2D eigenvalue weighted by Gasteiger charge is -2.38. The third-order valence-electron chi connectivity index (χ3n) is 3.75. The first-order chi connectivity index (χ1) is 9.03. The highest BCUT2D eigenvalue weighted by Gasteiger charge is 2.36. The van der Waals surface area contributed by atoms with E-state index in [0.29, 0.717) is 6.54 Å². The minimum Gasteiger partial charge on any atom is -0.348 e. The van der Waals surface area contributed by atoms with Gasteiger partial charge in [-0.1, -0.05) is 20.8 Å². The average molecular weight is 318 g/mol. The van der Waals surface area contributed by atoms with Gasteiger partial charge in [0.05, 0.1) is 12.6 Å². The predicted molar refractivity (Wildman–Crippen MR) is 85.4 cm³/mol. The van der Waals surface area contributed by atoms with Gasteiger partial charge in [0, 0.05) is 11.1 Å². The molecule has 4 nitrogen and oxygen atoms in total. The third-order valence-corrected chi connectivity index (χ3v) is 4.90. The fraction of sp³-hybridized carbons (Fsp3) is 0.714. The van der Waals surface area contributed by atoms with Gasteiger partial charge >= 0.3 is 0 Å². The Hall–Kier alpha value is -0.650. The number of hydrogen-bond acceptors (Lipinski definition) is 4. The maximum atomic E-state index is 12.3. The summed E-state index contributed by atoms with van der Waals surface area (Å²) in [6, 6.07) is -0.0909. The summed E-state index contributed by atoms with van der Waals surface area (Å²) in [5, 5.41) is 7.33. The molecule has 1 amide bonds. The largest absolute Gasteiger partial charge is 0.348 e. The first kappa shape index (κ1) is 17.4. The van der Waals surface area contributed by atoms with Crippen LogP contribution in [0.5, 0.6) is 0 Å². The lowest BCUT2D eigenvalue weighted by Crippen LogP contribution is -2.55. The van der Waals surface area contributed by atoms with Crippen molar-refractivity contribution in [1.29, 1.82) is 0 Å². The maximum Gasteiger partial charge on any atom is 0.238 e. The minimum absolute atomic E-state index is 0. The van der Waals surface area contributed by atoms with Crippen molar-refractivity contribution < 1.29 is 4.79 Å². The Balaban J connectivity index is 0.00000200. The summed E-state index contributed by atoms with van der Waals surface area (Å²) in [7, 11) is 0. The minimum atomic E-state index is -0.0909. The van der Waals surface area contributed by atoms with Crippen molar-refractivity contribution in [2.24, 2.45) is 5.41 Å². The second-order valence-corrected chi connectivity index (χ2v) is 6.97. The molecule has 1 aromatic heterocycles. The topological polar surface area (TPSA) is 54.0 Å². The highest BCUT2D eigenvalue weighted by molar-refractivity contribution is 7.11. The number of carbonyl (C=O) groups excluding carboxylic acids is 1. The highest BCUT2D eigenvalue weighted by atomic mass is 35.5. The Morgan fingerprint density at radius 3 is 2.95 bits per heavy atom. The molecular formula is C14H24ClN3OS. The third kappa shape index (κ3) is 4.17. The van der Waals surface area contributed by atoms with Crippen LogP contribution < -0.4 is 10.6 Å². The van der Waals surface area contributed by atoms with E-state index < -0.39 is 0 Å². The van der Waals surface area contributed by atoms with Gasteiger partial charge in [-0.3, -0.25) is 4.79 Å². The van der Waals surface area contributed by atoms with E-state index in [0.717, 1.165) is 30.8 Å². The molecule has 0 saturated carbocycles. The van der Waals surface area contributed by atoms with Crippen molar-refractivity contribution in [3.63, 3.8) is 0 Å². The predicted octanol–water partition coefficient (Wildman–Crippen LogP) is 2.52. The van der Waals surface area contributed by atoms with Crippen LogP contribution in [0.4, 0.5) is 0 Å². The summed E-state index contributed by atoms with van der Waals surface area (Å²) in [5.74, 6) is 0.0953. The van der Waals surface area contributed by atoms with Crippen LogP contribution in [0.3, 0.4) is 0 Å². The number of nitrogens with zero attached hydrogens (tertiary/aromatic N) is 1. The lowest BCUT2D eigenvalue weighted by molar-refractivity contribution is -0.126. The van der Waals surface area contributed by atoms with Gasteiger partial charge in [-0.05, 0) is 31.2 Å². The van der Waals surface area contributed by atoms with Crippen molar-refractivity contribution in [3.8, 4) is 0 Å². The monoisotopic (exact) mass is 317 g/mol. The summed E-state index contributed by atoms with van der Waals surface area (Å²) in [4.78, 5) is 17.9. The number of amides is 1. The molecule has 1 aliphatic rings. The van der Waals surface area contributed by atoms with Crippen LogP contribution in [0.25, 0.3) is 0 Å². The number of nitrogens with one attached hydrogen (secondary N) is 2. The van der Waals surface area contributed by atoms with Crippen LogP contribution in [0.1, 0.15) is 43.5 Å². The first-order valence-electron chi connectivity index (χ1n) is 6.97. The van der Waals surface area contributed by atoms with Crippen LogP contribution in [0, 0.1) is 5.41 Å². The van der Waals surface area contributed by atoms with Gasteiger partial charge in [-0.25, -0.2) is 4.98 Å². The van der Waals surface area contributed by atoms with Crippen molar-refractivity contribution in [2.75, 3.05) is 6.54 Å². The fourth-order valence-corrected chi connectivity index (χ4v) is 3.32. The Labute approximate surface area is 131 Å². The lowest BCUT2D eigenvalue weighted by atomic mass is 9.77. The zero-order valence-electron chi connectivity index (χ0n) is 12.4. The molecule has 0 aromatic carbocycles. The smallest absolute Gasteiger partial charge is 0.238 e. The van der Waals surface area contributed by atoms with Crippen molar-refractivity contribution in [1.82, 2.24) is 15.6 Å². The van der Waals surface area contributed by atoms with Gasteiger partial charge in [0.1, 0.15) is 5.01 Å². The van der Waals surface area contributed by atoms with Gasteiger partial charge in [0.25, 0.3) is 0 Å². The van der Waals surface area contributed by atoms with E-state index >= 15 is 0 Å². The summed E-state index contributed by atoms with van der Waals surface area (Å²) >= 11 is 1.68. The molecule has 0 aliphatic carbocycles. The molecular weight excluding hydrogens is 294 g/mol. The molecule has 1 aliphatic heterocycles. The summed E-state index contributed by atoms with van der Waals surface area (Å²) < 4.78 is 0. The highest BCUT2D eigenvalue weighted by Crippen LogP contribution is 2.30. The van der Waals surface area contributed by atoms with Crippen molar-refractivity contribution >= 4 is 29.7 Å². The van der Waals surface area contributed by atoms with E-state index in [1.165, 1.54) is 4.88 Å². The quantitative estimate of drug-likeness (QED) is 0.897. The number of aryl methyl sites for hydroxylation is 1. The zero-order valence-corrected chi connectivity index (χ0v) is 14.0. The summed E-state index contributed by atoms with van der Waals surface area (Å²) in [6.07, 6.45) is 5.14. The van der Waals surface area contributed by atoms with E-state index in [2.05, 4.69) is 36.4 Å². The van der Waals surface area contributed by atoms with E-state index in [-0.39, 0.29) is 29.8 Å². The molecule has 1 unspecified atom stereocenters. The molecule has 0 spiro atoms. The summed E-state index contributed by atoms with van der Waals surface area (Å²) in [5.41, 5.74) is 0.0276. The Morgan fingerprint density at radius 2 is 2.35 bits per heavy atom. The number of rotatable bonds is 4. The second kappa shape index (κ2) is 7.38. The SMILES string of the molecule is CCc1cnc(CNC(=O)C2NCCCC2(C)C)s1.Cl. The Morgan fingerprint density at radius 1 is 1.60 bits per heavy atom. The standard InChI is InChI=1S/C14H23N3OS.ClH/c1-4-10-8-16-11(19-10)9-17-13(18)12-14(2,3)6-5-7-15-12;/h8,12,15H,4-7,9H2,1-3H3,(H,17,18);1H. The van der Waals surface area contributed by atoms with Crippen molar-refractivity contribution in [3.05, 3.63) is 16.1 Å². The molecule has 114 valence electrons. The number of aromatic nitrogens is 1. The van der Waals surface area contributed by atoms with Gasteiger partial charge < -0.3 is 10.6 Å². The van der Waals surface area contributed by atoms with Gasteiger partial charge in [-0.15, -0.1) is 23.7 Å². The van der Waals surface area contributed by atoms with Crippen molar-refractivity contribution in [2.45, 2.75) is 52.6 Å². The van der Waals surface area contributed by atoms with Crippen LogP contribution >= 0.6 is 23.7 Å². The Bertz CT molecular complexity index is 447. The number of thiazole rings is 1. The van der Waals surface area contributed by atoms with E-state index in [1.54, 1.807) is 11.3 Å². The first-order valence-corrected chi connectivity index (χ1v) is 7.79. The molecule has 20 heavy (non-hydrogen) atoms. The number of piperidine rings is 1. The van der Waals surface area contributed by atoms with E-state index in [1.807, 2.05) is 6.20 Å². The van der Waals surface area contributed by atoms with Gasteiger partial charge in [0.2, 0.25) is 5.91 Å². The molecule has 0 radical (unpaired) electrons. The van der Waals surface area contributed by atoms with E-state index in [4.69, 9.17) is 0 Å². The van der Waals surface area contributed by atoms with Crippen LogP contribution in [-0.4, -0.2) is 23.5 Å². The number of halogens is 1. The molecule has 0 bridgehead atoms. The van der Waals surface area contributed by atoms with Gasteiger partial charge in [0.15, 0.2) is 0 Å². The molecule has 6 heteroatoms. The normalized spacial score (nSPS) is 21.1. The molecule has 2 rings (SSSR count). The summed E-state index contributed by atoms with van der Waals surface area (Å²) in [6.45, 7) is 7.89. The second-order valence-electron chi connectivity index (χ2n) is 5.77. The molecule has 1 atom stereocenters. The number of hydrogen-bond donors (Lipinski definition) is 2. The van der Waals surface area contributed by atoms with E-state index in [9.17, 15) is 4.79 Å². The van der Waals surface area contributed by atoms with Gasteiger partial charge in [-0.2, -0.15) is 0 Å². The molecule has 2 N–H and O–H groups in total. The molecule has 2 heterocycles. The van der Waals surface area contributed by atoms with Crippen LogP contribution in [0.2, 0.25) is 0 Å².